The van der Waals surface area contributed by atoms with E-state index >= 15 is 0 Å². The third-order valence-corrected chi connectivity index (χ3v) is 2.82. The fraction of sp³-hybridized carbons (Fsp3) is 0.417. The molecule has 92 valence electrons. The first kappa shape index (κ1) is 11.7. The average molecular weight is 234 g/mol. The summed E-state index contributed by atoms with van der Waals surface area (Å²) in [6.07, 6.45) is 2.40. The zero-order chi connectivity index (χ0) is 12.1. The Hall–Kier alpha value is -1.75. The lowest BCUT2D eigenvalue weighted by molar-refractivity contribution is 0.259. The van der Waals surface area contributed by atoms with E-state index in [1.165, 1.54) is 12.8 Å². The van der Waals surface area contributed by atoms with Gasteiger partial charge in [0, 0.05) is 24.0 Å². The molecule has 1 unspecified atom stereocenters. The van der Waals surface area contributed by atoms with E-state index in [1.807, 2.05) is 24.3 Å². The van der Waals surface area contributed by atoms with E-state index < -0.39 is 6.03 Å². The monoisotopic (exact) mass is 234 g/mol. The molecular formula is C12H18N4O. The van der Waals surface area contributed by atoms with Gasteiger partial charge in [0.15, 0.2) is 0 Å². The summed E-state index contributed by atoms with van der Waals surface area (Å²) in [5, 5.41) is 9.35. The maximum atomic E-state index is 10.7. The topological polar surface area (TPSA) is 79.2 Å². The minimum absolute atomic E-state index is 0.485. The molecule has 17 heavy (non-hydrogen) atoms. The molecule has 0 spiro atoms. The Bertz CT molecular complexity index is 371. The summed E-state index contributed by atoms with van der Waals surface area (Å²) < 4.78 is 0. The van der Waals surface area contributed by atoms with Crippen LogP contribution in [0.5, 0.6) is 0 Å². The number of nitrogens with two attached hydrogens (primary N) is 1. The molecule has 0 radical (unpaired) electrons. The predicted molar refractivity (Wildman–Crippen MR) is 69.2 cm³/mol. The Kier molecular flexibility index (Phi) is 3.82. The van der Waals surface area contributed by atoms with E-state index in [1.54, 1.807) is 0 Å². The third kappa shape index (κ3) is 3.64. The van der Waals surface area contributed by atoms with Gasteiger partial charge in [-0.15, -0.1) is 0 Å². The van der Waals surface area contributed by atoms with Crippen molar-refractivity contribution in [2.24, 2.45) is 5.73 Å². The number of carbonyl (C=O) groups excluding carboxylic acids is 1. The molecule has 1 aliphatic heterocycles. The van der Waals surface area contributed by atoms with Crippen LogP contribution in [0.4, 0.5) is 16.2 Å². The van der Waals surface area contributed by atoms with Crippen molar-refractivity contribution >= 4 is 17.4 Å². The van der Waals surface area contributed by atoms with Crippen LogP contribution in [0.2, 0.25) is 0 Å². The summed E-state index contributed by atoms with van der Waals surface area (Å²) >= 11 is 0. The zero-order valence-corrected chi connectivity index (χ0v) is 9.70. The minimum atomic E-state index is -0.540. The van der Waals surface area contributed by atoms with Crippen LogP contribution in [-0.4, -0.2) is 25.2 Å². The smallest absolute Gasteiger partial charge is 0.316 e. The summed E-state index contributed by atoms with van der Waals surface area (Å²) in [5.41, 5.74) is 6.81. The largest absolute Gasteiger partial charge is 0.381 e. The van der Waals surface area contributed by atoms with Crippen LogP contribution in [0.15, 0.2) is 24.3 Å². The Balaban J connectivity index is 1.90. The summed E-state index contributed by atoms with van der Waals surface area (Å²) in [6, 6.07) is 7.51. The number of amides is 2. The number of carbonyl (C=O) groups is 1. The van der Waals surface area contributed by atoms with Crippen molar-refractivity contribution < 1.29 is 4.79 Å². The van der Waals surface area contributed by atoms with Crippen molar-refractivity contribution in [1.82, 2.24) is 5.32 Å². The molecule has 0 aromatic heterocycles. The first-order chi connectivity index (χ1) is 8.24. The highest BCUT2D eigenvalue weighted by molar-refractivity contribution is 5.87. The van der Waals surface area contributed by atoms with Crippen molar-refractivity contribution in [3.8, 4) is 0 Å². The molecule has 1 aromatic carbocycles. The second kappa shape index (κ2) is 5.54. The fourth-order valence-corrected chi connectivity index (χ4v) is 2.00. The quantitative estimate of drug-likeness (QED) is 0.637. The van der Waals surface area contributed by atoms with Crippen molar-refractivity contribution in [2.75, 3.05) is 23.7 Å². The van der Waals surface area contributed by atoms with E-state index in [0.717, 1.165) is 18.8 Å². The molecule has 5 N–H and O–H groups in total. The van der Waals surface area contributed by atoms with Gasteiger partial charge >= 0.3 is 6.03 Å². The summed E-state index contributed by atoms with van der Waals surface area (Å²) in [6.45, 7) is 2.11. The minimum Gasteiger partial charge on any atom is -0.381 e. The Labute approximate surface area is 101 Å². The highest BCUT2D eigenvalue weighted by atomic mass is 16.2. The zero-order valence-electron chi connectivity index (χ0n) is 9.70. The van der Waals surface area contributed by atoms with Crippen LogP contribution in [0.25, 0.3) is 0 Å². The first-order valence-corrected chi connectivity index (χ1v) is 5.88. The van der Waals surface area contributed by atoms with Crippen LogP contribution in [-0.2, 0) is 0 Å². The molecule has 0 aliphatic carbocycles. The first-order valence-electron chi connectivity index (χ1n) is 5.88. The highest BCUT2D eigenvalue weighted by Gasteiger charge is 2.11. The molecule has 1 heterocycles. The van der Waals surface area contributed by atoms with E-state index in [0.29, 0.717) is 11.7 Å². The van der Waals surface area contributed by atoms with Gasteiger partial charge in [-0.05, 0) is 43.7 Å². The van der Waals surface area contributed by atoms with Crippen LogP contribution in [0.1, 0.15) is 12.8 Å². The second-order valence-corrected chi connectivity index (χ2v) is 4.25. The number of hydrogen-bond donors (Lipinski definition) is 4. The Morgan fingerprint density at radius 1 is 1.29 bits per heavy atom. The molecule has 5 heteroatoms. The van der Waals surface area contributed by atoms with Gasteiger partial charge in [0.2, 0.25) is 0 Å². The van der Waals surface area contributed by atoms with Crippen LogP contribution in [0.3, 0.4) is 0 Å². The van der Waals surface area contributed by atoms with Gasteiger partial charge < -0.3 is 21.7 Å². The maximum absolute atomic E-state index is 10.7. The molecule has 1 fully saturated rings. The average Bonchev–Trinajstić information content (AvgIpc) is 2.32. The van der Waals surface area contributed by atoms with Gasteiger partial charge in [-0.1, -0.05) is 0 Å². The normalized spacial score (nSPS) is 19.6. The summed E-state index contributed by atoms with van der Waals surface area (Å²) in [4.78, 5) is 10.7. The van der Waals surface area contributed by atoms with Crippen LogP contribution in [0, 0.1) is 0 Å². The van der Waals surface area contributed by atoms with Crippen molar-refractivity contribution in [3.05, 3.63) is 24.3 Å². The summed E-state index contributed by atoms with van der Waals surface area (Å²) in [5.74, 6) is 0. The number of piperidine rings is 1. The van der Waals surface area contributed by atoms with E-state index in [4.69, 9.17) is 5.73 Å². The molecule has 0 bridgehead atoms. The molecule has 2 rings (SSSR count). The predicted octanol–water partition coefficient (Wildman–Crippen LogP) is 1.34. The standard InChI is InChI=1S/C12H18N4O/c13-12(17)16-10-5-3-9(4-6-10)15-11-2-1-7-14-8-11/h3-6,11,14-15H,1-2,7-8H2,(H3,13,16,17). The van der Waals surface area contributed by atoms with Crippen molar-refractivity contribution in [1.29, 1.82) is 0 Å². The highest BCUT2D eigenvalue weighted by Crippen LogP contribution is 2.16. The molecule has 1 aromatic rings. The van der Waals surface area contributed by atoms with Gasteiger partial charge in [-0.3, -0.25) is 0 Å². The molecule has 2 amide bonds. The van der Waals surface area contributed by atoms with Gasteiger partial charge in [0.1, 0.15) is 0 Å². The van der Waals surface area contributed by atoms with Gasteiger partial charge in [-0.25, -0.2) is 4.79 Å². The number of anilines is 2. The number of rotatable bonds is 3. The van der Waals surface area contributed by atoms with Crippen LogP contribution < -0.4 is 21.7 Å². The number of urea groups is 1. The third-order valence-electron chi connectivity index (χ3n) is 2.82. The maximum Gasteiger partial charge on any atom is 0.316 e. The van der Waals surface area contributed by atoms with Gasteiger partial charge in [0.05, 0.1) is 0 Å². The van der Waals surface area contributed by atoms with E-state index in [2.05, 4.69) is 16.0 Å². The molecule has 1 aliphatic rings. The second-order valence-electron chi connectivity index (χ2n) is 4.25. The molecule has 1 atom stereocenters. The lowest BCUT2D eigenvalue weighted by Crippen LogP contribution is -2.38. The number of nitrogens with one attached hydrogen (secondary N) is 3. The number of benzene rings is 1. The lowest BCUT2D eigenvalue weighted by Gasteiger charge is -2.24. The fourth-order valence-electron chi connectivity index (χ4n) is 2.00. The lowest BCUT2D eigenvalue weighted by atomic mass is 10.1. The molecular weight excluding hydrogens is 216 g/mol. The molecule has 1 saturated heterocycles. The van der Waals surface area contributed by atoms with E-state index in [9.17, 15) is 4.79 Å². The van der Waals surface area contributed by atoms with Gasteiger partial charge in [-0.2, -0.15) is 0 Å². The SMILES string of the molecule is NC(=O)Nc1ccc(NC2CCCNC2)cc1. The van der Waals surface area contributed by atoms with Crippen molar-refractivity contribution in [2.45, 2.75) is 18.9 Å². The Morgan fingerprint density at radius 2 is 2.00 bits per heavy atom. The number of primary amides is 1. The van der Waals surface area contributed by atoms with Crippen LogP contribution >= 0.6 is 0 Å². The Morgan fingerprint density at radius 3 is 2.59 bits per heavy atom. The van der Waals surface area contributed by atoms with Crippen molar-refractivity contribution in [3.63, 3.8) is 0 Å². The summed E-state index contributed by atoms with van der Waals surface area (Å²) in [7, 11) is 0. The van der Waals surface area contributed by atoms with E-state index in [-0.39, 0.29) is 0 Å². The molecule has 0 saturated carbocycles. The van der Waals surface area contributed by atoms with Gasteiger partial charge in [0.25, 0.3) is 0 Å². The molecule has 5 nitrogen and oxygen atoms in total. The number of hydrogen-bond acceptors (Lipinski definition) is 3.